The van der Waals surface area contributed by atoms with Gasteiger partial charge < -0.3 is 13.8 Å². The molecule has 0 amide bonds. The molecule has 1 aliphatic heterocycles. The summed E-state index contributed by atoms with van der Waals surface area (Å²) in [6.45, 7) is 8.02. The SMILES string of the molecule is CC1CC(OP(C)(=O)OC(C)(C)C)C(CF)O1. The molecule has 0 aromatic carbocycles. The van der Waals surface area contributed by atoms with Crippen LogP contribution >= 0.6 is 7.60 Å². The highest BCUT2D eigenvalue weighted by Gasteiger charge is 2.39. The molecule has 4 unspecified atom stereocenters. The van der Waals surface area contributed by atoms with E-state index in [-0.39, 0.29) is 6.10 Å². The quantitative estimate of drug-likeness (QED) is 0.735. The van der Waals surface area contributed by atoms with Gasteiger partial charge in [0.15, 0.2) is 0 Å². The largest absolute Gasteiger partial charge is 0.370 e. The second-order valence-corrected chi connectivity index (χ2v) is 7.43. The summed E-state index contributed by atoms with van der Waals surface area (Å²) in [4.78, 5) is 0. The van der Waals surface area contributed by atoms with Gasteiger partial charge in [-0.05, 0) is 27.7 Å². The van der Waals surface area contributed by atoms with E-state index in [1.165, 1.54) is 6.66 Å². The van der Waals surface area contributed by atoms with Crippen LogP contribution in [-0.2, 0) is 18.3 Å². The Hall–Kier alpha value is 0.0400. The Morgan fingerprint density at radius 2 is 2.06 bits per heavy atom. The standard InChI is InChI=1S/C11H22FO4P/c1-8-6-9(10(7-12)14-8)15-17(5,13)16-11(2,3)4/h8-10H,6-7H2,1-5H3. The van der Waals surface area contributed by atoms with Gasteiger partial charge >= 0.3 is 7.60 Å². The predicted octanol–water partition coefficient (Wildman–Crippen LogP) is 3.16. The van der Waals surface area contributed by atoms with Crippen LogP contribution in [0.1, 0.15) is 34.1 Å². The van der Waals surface area contributed by atoms with Crippen molar-refractivity contribution < 1.29 is 22.7 Å². The number of hydrogen-bond acceptors (Lipinski definition) is 4. The lowest BCUT2D eigenvalue weighted by atomic mass is 10.2. The van der Waals surface area contributed by atoms with E-state index in [1.54, 1.807) is 20.8 Å². The first-order chi connectivity index (χ1) is 7.63. The van der Waals surface area contributed by atoms with Gasteiger partial charge in [-0.1, -0.05) is 0 Å². The minimum atomic E-state index is -3.19. The minimum absolute atomic E-state index is 0.0737. The van der Waals surface area contributed by atoms with E-state index in [2.05, 4.69) is 0 Å². The normalized spacial score (nSPS) is 33.6. The van der Waals surface area contributed by atoms with E-state index in [1.807, 2.05) is 6.92 Å². The van der Waals surface area contributed by atoms with E-state index >= 15 is 0 Å². The molecule has 0 aliphatic carbocycles. The lowest BCUT2D eigenvalue weighted by Gasteiger charge is -2.27. The van der Waals surface area contributed by atoms with Crippen LogP contribution in [-0.4, -0.2) is 37.3 Å². The molecular formula is C11H22FO4P. The van der Waals surface area contributed by atoms with Crippen molar-refractivity contribution in [2.75, 3.05) is 13.3 Å². The van der Waals surface area contributed by atoms with Gasteiger partial charge in [-0.25, -0.2) is 4.39 Å². The maximum Gasteiger partial charge on any atom is 0.328 e. The Labute approximate surface area is 102 Å². The molecule has 0 aromatic heterocycles. The van der Waals surface area contributed by atoms with Crippen molar-refractivity contribution in [3.63, 3.8) is 0 Å². The Kier molecular flexibility index (Phi) is 4.75. The topological polar surface area (TPSA) is 44.8 Å². The van der Waals surface area contributed by atoms with Gasteiger partial charge in [0.05, 0.1) is 17.8 Å². The summed E-state index contributed by atoms with van der Waals surface area (Å²) in [5.41, 5.74) is -0.555. The molecule has 1 rings (SSSR count). The highest BCUT2D eigenvalue weighted by molar-refractivity contribution is 7.53. The van der Waals surface area contributed by atoms with Crippen molar-refractivity contribution in [3.05, 3.63) is 0 Å². The third-order valence-corrected chi connectivity index (χ3v) is 3.84. The fourth-order valence-electron chi connectivity index (χ4n) is 1.93. The molecule has 1 aliphatic rings. The zero-order valence-electron chi connectivity index (χ0n) is 11.1. The molecule has 6 heteroatoms. The Morgan fingerprint density at radius 3 is 2.53 bits per heavy atom. The molecule has 102 valence electrons. The van der Waals surface area contributed by atoms with Crippen molar-refractivity contribution in [3.8, 4) is 0 Å². The summed E-state index contributed by atoms with van der Waals surface area (Å²) in [6.07, 6.45) is -0.662. The monoisotopic (exact) mass is 268 g/mol. The molecule has 0 bridgehead atoms. The van der Waals surface area contributed by atoms with Crippen molar-refractivity contribution >= 4 is 7.60 Å². The summed E-state index contributed by atoms with van der Waals surface area (Å²) < 4.78 is 40.9. The second-order valence-electron chi connectivity index (χ2n) is 5.49. The fraction of sp³-hybridized carbons (Fsp3) is 1.00. The average molecular weight is 268 g/mol. The van der Waals surface area contributed by atoms with Gasteiger partial charge in [-0.2, -0.15) is 0 Å². The highest BCUT2D eigenvalue weighted by Crippen LogP contribution is 2.50. The number of rotatable bonds is 4. The molecule has 0 aromatic rings. The maximum atomic E-state index is 12.7. The molecule has 1 heterocycles. The van der Waals surface area contributed by atoms with Crippen LogP contribution in [0, 0.1) is 0 Å². The maximum absolute atomic E-state index is 12.7. The van der Waals surface area contributed by atoms with Gasteiger partial charge in [0, 0.05) is 13.1 Å². The number of halogens is 1. The molecule has 0 N–H and O–H groups in total. The van der Waals surface area contributed by atoms with Crippen LogP contribution in [0.5, 0.6) is 0 Å². The van der Waals surface area contributed by atoms with Crippen LogP contribution in [0.2, 0.25) is 0 Å². The Bertz CT molecular complexity index is 302. The summed E-state index contributed by atoms with van der Waals surface area (Å²) in [6, 6.07) is 0. The van der Waals surface area contributed by atoms with Crippen LogP contribution in [0.3, 0.4) is 0 Å². The summed E-state index contributed by atoms with van der Waals surface area (Å²) in [5, 5.41) is 0. The smallest absolute Gasteiger partial charge is 0.328 e. The lowest BCUT2D eigenvalue weighted by molar-refractivity contribution is -0.000552. The number of ether oxygens (including phenoxy) is 1. The minimum Gasteiger partial charge on any atom is -0.370 e. The first kappa shape index (κ1) is 15.1. The second kappa shape index (κ2) is 5.35. The zero-order chi connectivity index (χ0) is 13.3. The summed E-state index contributed by atoms with van der Waals surface area (Å²) in [7, 11) is -3.19. The van der Waals surface area contributed by atoms with E-state index in [0.29, 0.717) is 6.42 Å². The van der Waals surface area contributed by atoms with Gasteiger partial charge in [0.1, 0.15) is 12.8 Å². The Balaban J connectivity index is 2.61. The zero-order valence-corrected chi connectivity index (χ0v) is 12.0. The fourth-order valence-corrected chi connectivity index (χ4v) is 3.68. The van der Waals surface area contributed by atoms with Crippen molar-refractivity contribution in [1.29, 1.82) is 0 Å². The molecule has 17 heavy (non-hydrogen) atoms. The molecule has 1 fully saturated rings. The van der Waals surface area contributed by atoms with Gasteiger partial charge in [0.25, 0.3) is 0 Å². The van der Waals surface area contributed by atoms with Crippen LogP contribution in [0.25, 0.3) is 0 Å². The van der Waals surface area contributed by atoms with Crippen molar-refractivity contribution in [1.82, 2.24) is 0 Å². The van der Waals surface area contributed by atoms with Crippen LogP contribution < -0.4 is 0 Å². The lowest BCUT2D eigenvalue weighted by Crippen LogP contribution is -2.27. The first-order valence-electron chi connectivity index (χ1n) is 5.81. The number of alkyl halides is 1. The summed E-state index contributed by atoms with van der Waals surface area (Å²) in [5.74, 6) is 0. The average Bonchev–Trinajstić information content (AvgIpc) is 2.40. The van der Waals surface area contributed by atoms with E-state index < -0.39 is 32.1 Å². The predicted molar refractivity (Wildman–Crippen MR) is 64.2 cm³/mol. The van der Waals surface area contributed by atoms with Crippen molar-refractivity contribution in [2.24, 2.45) is 0 Å². The van der Waals surface area contributed by atoms with Crippen LogP contribution in [0.4, 0.5) is 4.39 Å². The molecule has 4 nitrogen and oxygen atoms in total. The molecule has 1 saturated heterocycles. The molecule has 4 atom stereocenters. The Morgan fingerprint density at radius 1 is 1.47 bits per heavy atom. The molecule has 0 saturated carbocycles. The van der Waals surface area contributed by atoms with Gasteiger partial charge in [-0.3, -0.25) is 4.57 Å². The van der Waals surface area contributed by atoms with E-state index in [0.717, 1.165) is 0 Å². The van der Waals surface area contributed by atoms with Gasteiger partial charge in [-0.15, -0.1) is 0 Å². The highest BCUT2D eigenvalue weighted by atomic mass is 31.2. The number of hydrogen-bond donors (Lipinski definition) is 0. The van der Waals surface area contributed by atoms with E-state index in [9.17, 15) is 8.96 Å². The third-order valence-electron chi connectivity index (χ3n) is 2.30. The van der Waals surface area contributed by atoms with Gasteiger partial charge in [0.2, 0.25) is 0 Å². The summed E-state index contributed by atoms with van der Waals surface area (Å²) >= 11 is 0. The molecular weight excluding hydrogens is 246 g/mol. The third kappa shape index (κ3) is 5.04. The molecule has 0 spiro atoms. The first-order valence-corrected chi connectivity index (χ1v) is 7.80. The molecule has 0 radical (unpaired) electrons. The van der Waals surface area contributed by atoms with Crippen molar-refractivity contribution in [2.45, 2.75) is 58.0 Å². The van der Waals surface area contributed by atoms with Crippen LogP contribution in [0.15, 0.2) is 0 Å². The van der Waals surface area contributed by atoms with E-state index in [4.69, 9.17) is 13.8 Å².